The van der Waals surface area contributed by atoms with Gasteiger partial charge < -0.3 is 4.98 Å². The number of rotatable bonds is 4. The molecule has 0 atom stereocenters. The maximum absolute atomic E-state index is 14.2. The summed E-state index contributed by atoms with van der Waals surface area (Å²) in [5.74, 6) is -0.362. The average Bonchev–Trinajstić information content (AvgIpc) is 3.38. The summed E-state index contributed by atoms with van der Waals surface area (Å²) in [5, 5.41) is 7.80. The minimum atomic E-state index is -0.362. The first-order valence-corrected chi connectivity index (χ1v) is 10.3. The first kappa shape index (κ1) is 18.3. The highest BCUT2D eigenvalue weighted by molar-refractivity contribution is 7.07. The van der Waals surface area contributed by atoms with Crippen LogP contribution in [-0.2, 0) is 0 Å². The van der Waals surface area contributed by atoms with Crippen LogP contribution in [0, 0.1) is 5.82 Å². The predicted octanol–water partition coefficient (Wildman–Crippen LogP) is 5.95. The van der Waals surface area contributed by atoms with Gasteiger partial charge >= 0.3 is 0 Å². The molecule has 30 heavy (non-hydrogen) atoms. The smallest absolute Gasteiger partial charge is 0.211 e. The summed E-state index contributed by atoms with van der Waals surface area (Å²) in [4.78, 5) is 8.38. The Kier molecular flexibility index (Phi) is 4.83. The summed E-state index contributed by atoms with van der Waals surface area (Å²) >= 11 is 1.42. The Hall–Kier alpha value is -3.77. The van der Waals surface area contributed by atoms with Gasteiger partial charge in [-0.2, -0.15) is 5.10 Å². The van der Waals surface area contributed by atoms with Crippen LogP contribution in [0.3, 0.4) is 0 Å². The molecule has 3 aromatic carbocycles. The molecule has 0 aliphatic heterocycles. The number of hydrogen-bond acceptors (Lipinski definition) is 3. The van der Waals surface area contributed by atoms with E-state index >= 15 is 0 Å². The molecular weight excluding hydrogens is 395 g/mol. The first-order valence-electron chi connectivity index (χ1n) is 9.45. The lowest BCUT2D eigenvalue weighted by atomic mass is 10.2. The molecule has 0 bridgehead atoms. The van der Waals surface area contributed by atoms with E-state index in [2.05, 4.69) is 9.98 Å². The standard InChI is InChI=1S/C24H17FN4S/c25-20-11-5-7-13-22(20)28-24-29(23(16-30-24)17-8-2-1-3-9-17)27-15-18-14-26-21-12-6-4-10-19(18)21/h1-16,26H. The Labute approximate surface area is 176 Å². The van der Waals surface area contributed by atoms with Gasteiger partial charge in [-0.05, 0) is 18.2 Å². The number of nitrogens with zero attached hydrogens (tertiary/aromatic N) is 3. The van der Waals surface area contributed by atoms with E-state index < -0.39 is 0 Å². The number of aromatic amines is 1. The van der Waals surface area contributed by atoms with E-state index in [0.717, 1.165) is 27.7 Å². The van der Waals surface area contributed by atoms with E-state index in [1.807, 2.05) is 66.2 Å². The Bertz CT molecular complexity index is 1410. The van der Waals surface area contributed by atoms with Crippen molar-refractivity contribution < 1.29 is 4.39 Å². The van der Waals surface area contributed by atoms with E-state index in [1.165, 1.54) is 17.4 Å². The molecular formula is C24H17FN4S. The van der Waals surface area contributed by atoms with Crippen molar-refractivity contribution in [3.63, 3.8) is 0 Å². The second kappa shape index (κ2) is 7.93. The Balaban J connectivity index is 1.67. The minimum Gasteiger partial charge on any atom is -0.361 e. The summed E-state index contributed by atoms with van der Waals surface area (Å²) in [6, 6.07) is 24.5. The lowest BCUT2D eigenvalue weighted by Crippen LogP contribution is -2.11. The lowest BCUT2D eigenvalue weighted by Gasteiger charge is -2.03. The molecule has 2 heterocycles. The molecule has 5 aromatic rings. The highest BCUT2D eigenvalue weighted by atomic mass is 32.1. The van der Waals surface area contributed by atoms with Crippen molar-refractivity contribution in [2.45, 2.75) is 0 Å². The molecule has 0 radical (unpaired) electrons. The molecule has 0 saturated heterocycles. The first-order chi connectivity index (χ1) is 14.8. The number of thiazole rings is 1. The third-order valence-electron chi connectivity index (χ3n) is 4.76. The zero-order chi connectivity index (χ0) is 20.3. The number of H-pyrrole nitrogens is 1. The zero-order valence-corrected chi connectivity index (χ0v) is 16.7. The Morgan fingerprint density at radius 3 is 2.53 bits per heavy atom. The van der Waals surface area contributed by atoms with Crippen molar-refractivity contribution in [1.29, 1.82) is 0 Å². The van der Waals surface area contributed by atoms with Crippen LogP contribution in [0.2, 0.25) is 0 Å². The van der Waals surface area contributed by atoms with Gasteiger partial charge in [-0.15, -0.1) is 11.3 Å². The van der Waals surface area contributed by atoms with E-state index in [-0.39, 0.29) is 11.5 Å². The van der Waals surface area contributed by atoms with Crippen LogP contribution in [0.5, 0.6) is 0 Å². The number of benzene rings is 3. The van der Waals surface area contributed by atoms with E-state index in [4.69, 9.17) is 5.10 Å². The summed E-state index contributed by atoms with van der Waals surface area (Å²) in [6.45, 7) is 0. The van der Waals surface area contributed by atoms with Crippen LogP contribution in [0.1, 0.15) is 5.56 Å². The quantitative estimate of drug-likeness (QED) is 0.355. The van der Waals surface area contributed by atoms with Crippen LogP contribution in [0.25, 0.3) is 22.2 Å². The number of halogens is 1. The summed E-state index contributed by atoms with van der Waals surface area (Å²) in [6.07, 6.45) is 3.73. The largest absolute Gasteiger partial charge is 0.361 e. The van der Waals surface area contributed by atoms with Crippen LogP contribution < -0.4 is 4.80 Å². The minimum absolute atomic E-state index is 0.287. The normalized spacial score (nSPS) is 12.2. The summed E-state index contributed by atoms with van der Waals surface area (Å²) in [7, 11) is 0. The maximum atomic E-state index is 14.2. The van der Waals surface area contributed by atoms with Gasteiger partial charge in [-0.25, -0.2) is 14.1 Å². The fourth-order valence-corrected chi connectivity index (χ4v) is 4.11. The van der Waals surface area contributed by atoms with Crippen molar-refractivity contribution >= 4 is 34.1 Å². The molecule has 0 aliphatic rings. The predicted molar refractivity (Wildman–Crippen MR) is 121 cm³/mol. The molecule has 0 aliphatic carbocycles. The molecule has 0 fully saturated rings. The molecule has 146 valence electrons. The number of aromatic nitrogens is 2. The van der Waals surface area contributed by atoms with Gasteiger partial charge in [0.15, 0.2) is 0 Å². The van der Waals surface area contributed by atoms with Gasteiger partial charge in [0.2, 0.25) is 4.80 Å². The van der Waals surface area contributed by atoms with E-state index in [0.29, 0.717) is 4.80 Å². The second-order valence-corrected chi connectivity index (χ2v) is 7.52. The zero-order valence-electron chi connectivity index (χ0n) is 15.9. The highest BCUT2D eigenvalue weighted by Gasteiger charge is 2.09. The fraction of sp³-hybridized carbons (Fsp3) is 0. The van der Waals surface area contributed by atoms with Gasteiger partial charge in [-0.3, -0.25) is 0 Å². The molecule has 0 saturated carbocycles. The third-order valence-corrected chi connectivity index (χ3v) is 5.57. The fourth-order valence-electron chi connectivity index (χ4n) is 3.26. The average molecular weight is 412 g/mol. The van der Waals surface area contributed by atoms with Crippen molar-refractivity contribution in [1.82, 2.24) is 9.66 Å². The number of fused-ring (bicyclic) bond motifs is 1. The Morgan fingerprint density at radius 1 is 0.900 bits per heavy atom. The van der Waals surface area contributed by atoms with Crippen molar-refractivity contribution in [3.8, 4) is 11.3 Å². The van der Waals surface area contributed by atoms with Crippen molar-refractivity contribution in [2.24, 2.45) is 10.1 Å². The molecule has 6 heteroatoms. The van der Waals surface area contributed by atoms with E-state index in [9.17, 15) is 4.39 Å². The number of para-hydroxylation sites is 2. The Morgan fingerprint density at radius 2 is 1.67 bits per heavy atom. The van der Waals surface area contributed by atoms with Crippen LogP contribution in [0.15, 0.2) is 101 Å². The van der Waals surface area contributed by atoms with Gasteiger partial charge in [0.25, 0.3) is 0 Å². The van der Waals surface area contributed by atoms with Gasteiger partial charge in [0, 0.05) is 33.6 Å². The molecule has 5 rings (SSSR count). The SMILES string of the molecule is Fc1ccccc1N=c1scc(-c2ccccc2)n1N=Cc1c[nH]c2ccccc12. The van der Waals surface area contributed by atoms with Gasteiger partial charge in [-0.1, -0.05) is 60.7 Å². The summed E-state index contributed by atoms with van der Waals surface area (Å²) in [5.41, 5.74) is 4.22. The highest BCUT2D eigenvalue weighted by Crippen LogP contribution is 2.22. The summed E-state index contributed by atoms with van der Waals surface area (Å²) < 4.78 is 15.9. The number of nitrogens with one attached hydrogen (secondary N) is 1. The third kappa shape index (κ3) is 3.49. The maximum Gasteiger partial charge on any atom is 0.211 e. The molecule has 2 aromatic heterocycles. The van der Waals surface area contributed by atoms with E-state index in [1.54, 1.807) is 29.1 Å². The molecule has 4 nitrogen and oxygen atoms in total. The molecule has 1 N–H and O–H groups in total. The van der Waals surface area contributed by atoms with Crippen molar-refractivity contribution in [3.05, 3.63) is 107 Å². The molecule has 0 spiro atoms. The lowest BCUT2D eigenvalue weighted by molar-refractivity contribution is 0.628. The van der Waals surface area contributed by atoms with Gasteiger partial charge in [0.1, 0.15) is 11.5 Å². The van der Waals surface area contributed by atoms with Crippen LogP contribution in [0.4, 0.5) is 10.1 Å². The van der Waals surface area contributed by atoms with Crippen molar-refractivity contribution in [2.75, 3.05) is 0 Å². The number of hydrogen-bond donors (Lipinski definition) is 1. The van der Waals surface area contributed by atoms with Crippen LogP contribution in [-0.4, -0.2) is 15.9 Å². The molecule has 0 amide bonds. The second-order valence-electron chi connectivity index (χ2n) is 6.68. The van der Waals surface area contributed by atoms with Crippen LogP contribution >= 0.6 is 11.3 Å². The molecule has 0 unspecified atom stereocenters. The monoisotopic (exact) mass is 412 g/mol. The topological polar surface area (TPSA) is 45.4 Å². The van der Waals surface area contributed by atoms with Gasteiger partial charge in [0.05, 0.1) is 11.9 Å².